The molecule has 1 aromatic carbocycles. The summed E-state index contributed by atoms with van der Waals surface area (Å²) >= 11 is 5.95. The molecule has 0 atom stereocenters. The zero-order valence-electron chi connectivity index (χ0n) is 13.4. The van der Waals surface area contributed by atoms with Crippen molar-refractivity contribution in [3.63, 3.8) is 0 Å². The van der Waals surface area contributed by atoms with Crippen molar-refractivity contribution in [3.8, 4) is 0 Å². The number of aromatic nitrogens is 1. The van der Waals surface area contributed by atoms with Crippen LogP contribution in [-0.2, 0) is 4.79 Å². The molecule has 0 aliphatic carbocycles. The van der Waals surface area contributed by atoms with Crippen molar-refractivity contribution in [1.29, 1.82) is 0 Å². The highest BCUT2D eigenvalue weighted by Gasteiger charge is 2.28. The molecule has 2 amide bonds. The highest BCUT2D eigenvalue weighted by Crippen LogP contribution is 2.24. The maximum absolute atomic E-state index is 13.1. The summed E-state index contributed by atoms with van der Waals surface area (Å²) in [5, 5.41) is 2.88. The number of carbonyl (C=O) groups excluding carboxylic acids is 2. The van der Waals surface area contributed by atoms with Crippen molar-refractivity contribution >= 4 is 29.2 Å². The van der Waals surface area contributed by atoms with Gasteiger partial charge >= 0.3 is 0 Å². The van der Waals surface area contributed by atoms with Gasteiger partial charge in [0.05, 0.1) is 10.6 Å². The Morgan fingerprint density at radius 1 is 1.20 bits per heavy atom. The van der Waals surface area contributed by atoms with Gasteiger partial charge in [-0.3, -0.25) is 9.59 Å². The number of benzene rings is 1. The van der Waals surface area contributed by atoms with Crippen LogP contribution in [0.25, 0.3) is 0 Å². The average Bonchev–Trinajstić information content (AvgIpc) is 2.62. The van der Waals surface area contributed by atoms with Crippen LogP contribution in [-0.4, -0.2) is 34.8 Å². The molecule has 7 heteroatoms. The standard InChI is InChI=1S/C18H17ClFN3O2/c19-15-11-13(20)4-5-14(15)18(25)23-9-6-12(7-10-23)17(24)22-16-3-1-2-8-21-16/h1-5,8,11-12H,6-7,9-10H2,(H,21,22,24). The third-order valence-electron chi connectivity index (χ3n) is 4.23. The molecule has 2 aromatic rings. The smallest absolute Gasteiger partial charge is 0.255 e. The van der Waals surface area contributed by atoms with Gasteiger partial charge in [0.1, 0.15) is 11.6 Å². The summed E-state index contributed by atoms with van der Waals surface area (Å²) in [4.78, 5) is 30.5. The molecule has 1 aliphatic rings. The van der Waals surface area contributed by atoms with Crippen LogP contribution < -0.4 is 5.32 Å². The Kier molecular flexibility index (Phi) is 5.28. The zero-order chi connectivity index (χ0) is 17.8. The molecule has 0 saturated carbocycles. The molecule has 1 fully saturated rings. The van der Waals surface area contributed by atoms with E-state index in [4.69, 9.17) is 11.6 Å². The SMILES string of the molecule is O=C(Nc1ccccn1)C1CCN(C(=O)c2ccc(F)cc2Cl)CC1. The maximum Gasteiger partial charge on any atom is 0.255 e. The maximum atomic E-state index is 13.1. The molecule has 25 heavy (non-hydrogen) atoms. The minimum absolute atomic E-state index is 0.0920. The number of hydrogen-bond donors (Lipinski definition) is 1. The number of amides is 2. The Balaban J connectivity index is 1.58. The first-order valence-corrected chi connectivity index (χ1v) is 8.38. The molecule has 0 spiro atoms. The first-order chi connectivity index (χ1) is 12.0. The number of anilines is 1. The summed E-state index contributed by atoms with van der Waals surface area (Å²) in [6, 6.07) is 9.04. The van der Waals surface area contributed by atoms with Crippen LogP contribution in [0.4, 0.5) is 10.2 Å². The molecular formula is C18H17ClFN3O2. The van der Waals surface area contributed by atoms with Gasteiger partial charge in [-0.2, -0.15) is 0 Å². The third kappa shape index (κ3) is 4.14. The van der Waals surface area contributed by atoms with Gasteiger partial charge in [-0.25, -0.2) is 9.37 Å². The number of carbonyl (C=O) groups is 2. The summed E-state index contributed by atoms with van der Waals surface area (Å²) in [7, 11) is 0. The van der Waals surface area contributed by atoms with Crippen LogP contribution >= 0.6 is 11.6 Å². The molecule has 0 radical (unpaired) electrons. The molecule has 0 bridgehead atoms. The van der Waals surface area contributed by atoms with E-state index < -0.39 is 5.82 Å². The topological polar surface area (TPSA) is 62.3 Å². The van der Waals surface area contributed by atoms with Gasteiger partial charge < -0.3 is 10.2 Å². The molecular weight excluding hydrogens is 345 g/mol. The second-order valence-electron chi connectivity index (χ2n) is 5.89. The molecule has 0 unspecified atom stereocenters. The Morgan fingerprint density at radius 3 is 2.60 bits per heavy atom. The Labute approximate surface area is 149 Å². The lowest BCUT2D eigenvalue weighted by atomic mass is 9.95. The first-order valence-electron chi connectivity index (χ1n) is 8.01. The number of nitrogens with one attached hydrogen (secondary N) is 1. The number of rotatable bonds is 3. The van der Waals surface area contributed by atoms with Crippen molar-refractivity contribution in [2.45, 2.75) is 12.8 Å². The van der Waals surface area contributed by atoms with Crippen LogP contribution in [0.2, 0.25) is 5.02 Å². The Bertz CT molecular complexity index is 777. The highest BCUT2D eigenvalue weighted by molar-refractivity contribution is 6.33. The largest absolute Gasteiger partial charge is 0.339 e. The number of nitrogens with zero attached hydrogens (tertiary/aromatic N) is 2. The predicted octanol–water partition coefficient (Wildman–Crippen LogP) is 3.37. The fraction of sp³-hybridized carbons (Fsp3) is 0.278. The van der Waals surface area contributed by atoms with Gasteiger partial charge in [-0.05, 0) is 43.2 Å². The first kappa shape index (κ1) is 17.4. The lowest BCUT2D eigenvalue weighted by molar-refractivity contribution is -0.121. The highest BCUT2D eigenvalue weighted by atomic mass is 35.5. The molecule has 1 aliphatic heterocycles. The van der Waals surface area contributed by atoms with Gasteiger partial charge in [0, 0.05) is 25.2 Å². The van der Waals surface area contributed by atoms with E-state index in [0.717, 1.165) is 6.07 Å². The fourth-order valence-corrected chi connectivity index (χ4v) is 3.09. The van der Waals surface area contributed by atoms with Gasteiger partial charge in [0.25, 0.3) is 5.91 Å². The number of likely N-dealkylation sites (tertiary alicyclic amines) is 1. The van der Waals surface area contributed by atoms with Crippen LogP contribution in [0.1, 0.15) is 23.2 Å². The minimum atomic E-state index is -0.480. The van der Waals surface area contributed by atoms with Gasteiger partial charge in [-0.15, -0.1) is 0 Å². The summed E-state index contributed by atoms with van der Waals surface area (Å²) in [5.41, 5.74) is 0.277. The van der Waals surface area contributed by atoms with Crippen molar-refractivity contribution in [2.75, 3.05) is 18.4 Å². The van der Waals surface area contributed by atoms with Crippen LogP contribution in [0.5, 0.6) is 0 Å². The van der Waals surface area contributed by atoms with E-state index >= 15 is 0 Å². The number of piperidine rings is 1. The summed E-state index contributed by atoms with van der Waals surface area (Å²) < 4.78 is 13.1. The second kappa shape index (κ2) is 7.61. The number of halogens is 2. The van der Waals surface area contributed by atoms with Crippen LogP contribution in [0.3, 0.4) is 0 Å². The predicted molar refractivity (Wildman–Crippen MR) is 92.9 cm³/mol. The molecule has 130 valence electrons. The second-order valence-corrected chi connectivity index (χ2v) is 6.30. The van der Waals surface area contributed by atoms with Crippen LogP contribution in [0, 0.1) is 11.7 Å². The number of hydrogen-bond acceptors (Lipinski definition) is 3. The summed E-state index contributed by atoms with van der Waals surface area (Å²) in [6.07, 6.45) is 2.73. The van der Waals surface area contributed by atoms with E-state index in [1.165, 1.54) is 12.1 Å². The van der Waals surface area contributed by atoms with E-state index in [9.17, 15) is 14.0 Å². The summed E-state index contributed by atoms with van der Waals surface area (Å²) in [6.45, 7) is 0.902. The Hall–Kier alpha value is -2.47. The van der Waals surface area contributed by atoms with Gasteiger partial charge in [-0.1, -0.05) is 17.7 Å². The van der Waals surface area contributed by atoms with E-state index in [-0.39, 0.29) is 28.3 Å². The van der Waals surface area contributed by atoms with E-state index in [1.54, 1.807) is 29.3 Å². The molecule has 1 N–H and O–H groups in total. The van der Waals surface area contributed by atoms with Crippen molar-refractivity contribution < 1.29 is 14.0 Å². The van der Waals surface area contributed by atoms with Crippen LogP contribution in [0.15, 0.2) is 42.6 Å². The monoisotopic (exact) mass is 361 g/mol. The van der Waals surface area contributed by atoms with E-state index in [0.29, 0.717) is 31.7 Å². The van der Waals surface area contributed by atoms with Gasteiger partial charge in [0.15, 0.2) is 0 Å². The van der Waals surface area contributed by atoms with E-state index in [1.807, 2.05) is 0 Å². The van der Waals surface area contributed by atoms with Crippen molar-refractivity contribution in [2.24, 2.45) is 5.92 Å². The molecule has 5 nitrogen and oxygen atoms in total. The normalized spacial score (nSPS) is 15.0. The summed E-state index contributed by atoms with van der Waals surface area (Å²) in [5.74, 6) is -0.468. The molecule has 1 aromatic heterocycles. The number of pyridine rings is 1. The fourth-order valence-electron chi connectivity index (χ4n) is 2.84. The Morgan fingerprint density at radius 2 is 1.96 bits per heavy atom. The van der Waals surface area contributed by atoms with Crippen molar-refractivity contribution in [3.05, 3.63) is 59.0 Å². The zero-order valence-corrected chi connectivity index (χ0v) is 14.2. The quantitative estimate of drug-likeness (QED) is 0.911. The molecule has 3 rings (SSSR count). The third-order valence-corrected chi connectivity index (χ3v) is 4.54. The lowest BCUT2D eigenvalue weighted by Crippen LogP contribution is -2.41. The molecule has 1 saturated heterocycles. The lowest BCUT2D eigenvalue weighted by Gasteiger charge is -2.31. The average molecular weight is 362 g/mol. The van der Waals surface area contributed by atoms with Gasteiger partial charge in [0.2, 0.25) is 5.91 Å². The molecule has 2 heterocycles. The van der Waals surface area contributed by atoms with E-state index in [2.05, 4.69) is 10.3 Å². The minimum Gasteiger partial charge on any atom is -0.339 e. The van der Waals surface area contributed by atoms with Crippen molar-refractivity contribution in [1.82, 2.24) is 9.88 Å².